The Kier molecular flexibility index (Phi) is 6.04. The normalized spacial score (nSPS) is 16.1. The van der Waals surface area contributed by atoms with Gasteiger partial charge in [-0.2, -0.15) is 0 Å². The fraction of sp³-hybridized carbons (Fsp3) is 0.611. The van der Waals surface area contributed by atoms with Crippen LogP contribution in [0.1, 0.15) is 45.6 Å². The lowest BCUT2D eigenvalue weighted by atomic mass is 10.0. The van der Waals surface area contributed by atoms with Gasteiger partial charge >= 0.3 is 6.03 Å². The molecule has 1 aliphatic rings. The van der Waals surface area contributed by atoms with Crippen molar-refractivity contribution >= 4 is 11.7 Å². The molecule has 2 amide bonds. The van der Waals surface area contributed by atoms with Crippen molar-refractivity contribution in [1.29, 1.82) is 0 Å². The molecule has 0 radical (unpaired) electrons. The Morgan fingerprint density at radius 2 is 2.04 bits per heavy atom. The van der Waals surface area contributed by atoms with Crippen molar-refractivity contribution in [2.45, 2.75) is 58.2 Å². The van der Waals surface area contributed by atoms with Crippen LogP contribution < -0.4 is 15.5 Å². The van der Waals surface area contributed by atoms with Crippen molar-refractivity contribution < 1.29 is 14.3 Å². The molecule has 2 rings (SSSR count). The number of aliphatic hydroxyl groups excluding tert-OH is 1. The quantitative estimate of drug-likeness (QED) is 0.774. The molecular weight excluding hydrogens is 309 g/mol. The molecule has 1 aromatic rings. The molecular formula is C18H28FN3O2. The number of carbonyl (C=O) groups excluding carboxylic acids is 1. The van der Waals surface area contributed by atoms with Gasteiger partial charge < -0.3 is 20.6 Å². The van der Waals surface area contributed by atoms with Crippen molar-refractivity contribution in [3.63, 3.8) is 0 Å². The number of aliphatic hydroxyl groups is 1. The van der Waals surface area contributed by atoms with E-state index in [1.54, 1.807) is 6.07 Å². The first-order chi connectivity index (χ1) is 11.3. The Balaban J connectivity index is 1.91. The number of hydrogen-bond donors (Lipinski definition) is 3. The van der Waals surface area contributed by atoms with Gasteiger partial charge in [-0.3, -0.25) is 0 Å². The molecule has 0 unspecified atom stereocenters. The van der Waals surface area contributed by atoms with Crippen LogP contribution in [0.15, 0.2) is 18.2 Å². The van der Waals surface area contributed by atoms with Gasteiger partial charge in [0.1, 0.15) is 5.82 Å². The molecule has 0 saturated carbocycles. The maximum atomic E-state index is 14.3. The molecule has 1 aromatic carbocycles. The summed E-state index contributed by atoms with van der Waals surface area (Å²) in [7, 11) is 0. The Bertz CT molecular complexity index is 569. The van der Waals surface area contributed by atoms with Gasteiger partial charge in [-0.05, 0) is 50.8 Å². The van der Waals surface area contributed by atoms with Crippen LogP contribution >= 0.6 is 0 Å². The maximum absolute atomic E-state index is 14.3. The van der Waals surface area contributed by atoms with Crippen molar-refractivity contribution in [3.8, 4) is 0 Å². The van der Waals surface area contributed by atoms with E-state index in [2.05, 4.69) is 10.6 Å². The van der Waals surface area contributed by atoms with Crippen LogP contribution in [-0.2, 0) is 6.54 Å². The van der Waals surface area contributed by atoms with Crippen LogP contribution in [0.3, 0.4) is 0 Å². The molecule has 0 aliphatic carbocycles. The fourth-order valence-electron chi connectivity index (χ4n) is 2.65. The molecule has 24 heavy (non-hydrogen) atoms. The standard InChI is InChI=1S/C18H28FN3O2/c1-4-18(2,3)21-17(24)20-12-13-5-6-16(15(19)11-13)22-9-7-14(23)8-10-22/h5-6,11,14,23H,4,7-10,12H2,1-3H3,(H2,20,21,24). The number of urea groups is 1. The summed E-state index contributed by atoms with van der Waals surface area (Å²) in [4.78, 5) is 13.8. The number of hydrogen-bond acceptors (Lipinski definition) is 3. The van der Waals surface area contributed by atoms with Crippen LogP contribution in [0.25, 0.3) is 0 Å². The van der Waals surface area contributed by atoms with Gasteiger partial charge in [-0.25, -0.2) is 9.18 Å². The van der Waals surface area contributed by atoms with Crippen LogP contribution in [0.5, 0.6) is 0 Å². The molecule has 1 aliphatic heterocycles. The number of anilines is 1. The van der Waals surface area contributed by atoms with Gasteiger partial charge in [0.05, 0.1) is 11.8 Å². The highest BCUT2D eigenvalue weighted by Crippen LogP contribution is 2.24. The molecule has 3 N–H and O–H groups in total. The average molecular weight is 337 g/mol. The Morgan fingerprint density at radius 1 is 1.38 bits per heavy atom. The summed E-state index contributed by atoms with van der Waals surface area (Å²) in [5.74, 6) is -0.292. The lowest BCUT2D eigenvalue weighted by Gasteiger charge is -2.31. The lowest BCUT2D eigenvalue weighted by molar-refractivity contribution is 0.145. The Morgan fingerprint density at radius 3 is 2.62 bits per heavy atom. The molecule has 1 heterocycles. The molecule has 1 saturated heterocycles. The summed E-state index contributed by atoms with van der Waals surface area (Å²) in [6, 6.07) is 4.79. The van der Waals surface area contributed by atoms with E-state index in [4.69, 9.17) is 0 Å². The largest absolute Gasteiger partial charge is 0.393 e. The van der Waals surface area contributed by atoms with E-state index in [0.717, 1.165) is 12.0 Å². The zero-order valence-corrected chi connectivity index (χ0v) is 14.7. The smallest absolute Gasteiger partial charge is 0.315 e. The molecule has 134 valence electrons. The highest BCUT2D eigenvalue weighted by Gasteiger charge is 2.20. The predicted octanol–water partition coefficient (Wildman–Crippen LogP) is 2.77. The number of nitrogens with one attached hydrogen (secondary N) is 2. The summed E-state index contributed by atoms with van der Waals surface area (Å²) in [5.41, 5.74) is 1.01. The van der Waals surface area contributed by atoms with Gasteiger partial charge in [-0.15, -0.1) is 0 Å². The molecule has 0 spiro atoms. The third-order valence-corrected chi connectivity index (χ3v) is 4.61. The molecule has 5 nitrogen and oxygen atoms in total. The predicted molar refractivity (Wildman–Crippen MR) is 93.6 cm³/mol. The van der Waals surface area contributed by atoms with Crippen LogP contribution in [0.4, 0.5) is 14.9 Å². The summed E-state index contributed by atoms with van der Waals surface area (Å²) >= 11 is 0. The van der Waals surface area contributed by atoms with Crippen LogP contribution in [0.2, 0.25) is 0 Å². The highest BCUT2D eigenvalue weighted by molar-refractivity contribution is 5.74. The number of benzene rings is 1. The molecule has 0 atom stereocenters. The number of halogens is 1. The van der Waals surface area contributed by atoms with Gasteiger partial charge in [0.15, 0.2) is 0 Å². The van der Waals surface area contributed by atoms with Gasteiger partial charge in [0, 0.05) is 25.2 Å². The molecule has 1 fully saturated rings. The monoisotopic (exact) mass is 337 g/mol. The third-order valence-electron chi connectivity index (χ3n) is 4.61. The first kappa shape index (κ1) is 18.5. The van der Waals surface area contributed by atoms with E-state index in [1.165, 1.54) is 6.07 Å². The first-order valence-corrected chi connectivity index (χ1v) is 8.58. The van der Waals surface area contributed by atoms with Crippen molar-refractivity contribution in [3.05, 3.63) is 29.6 Å². The van der Waals surface area contributed by atoms with Gasteiger partial charge in [-0.1, -0.05) is 13.0 Å². The van der Waals surface area contributed by atoms with E-state index < -0.39 is 0 Å². The Labute approximate surface area is 143 Å². The fourth-order valence-corrected chi connectivity index (χ4v) is 2.65. The minimum Gasteiger partial charge on any atom is -0.393 e. The van der Waals surface area contributed by atoms with E-state index in [-0.39, 0.29) is 30.0 Å². The minimum atomic E-state index is -0.292. The van der Waals surface area contributed by atoms with Gasteiger partial charge in [0.25, 0.3) is 0 Å². The number of piperidine rings is 1. The van der Waals surface area contributed by atoms with E-state index in [0.29, 0.717) is 31.6 Å². The SMILES string of the molecule is CCC(C)(C)NC(=O)NCc1ccc(N2CCC(O)CC2)c(F)c1. The number of rotatable bonds is 5. The maximum Gasteiger partial charge on any atom is 0.315 e. The van der Waals surface area contributed by atoms with Crippen LogP contribution in [0, 0.1) is 5.82 Å². The summed E-state index contributed by atoms with van der Waals surface area (Å²) in [6.45, 7) is 7.51. The van der Waals surface area contributed by atoms with Crippen molar-refractivity contribution in [2.75, 3.05) is 18.0 Å². The number of nitrogens with zero attached hydrogens (tertiary/aromatic N) is 1. The number of amides is 2. The van der Waals surface area contributed by atoms with Gasteiger partial charge in [0.2, 0.25) is 0 Å². The summed E-state index contributed by atoms with van der Waals surface area (Å²) < 4.78 is 14.3. The van der Waals surface area contributed by atoms with E-state index in [9.17, 15) is 14.3 Å². The van der Waals surface area contributed by atoms with E-state index in [1.807, 2.05) is 31.7 Å². The highest BCUT2D eigenvalue weighted by atomic mass is 19.1. The Hall–Kier alpha value is -1.82. The zero-order valence-electron chi connectivity index (χ0n) is 14.7. The third kappa shape index (κ3) is 5.09. The van der Waals surface area contributed by atoms with Crippen molar-refractivity contribution in [2.24, 2.45) is 0 Å². The van der Waals surface area contributed by atoms with Crippen molar-refractivity contribution in [1.82, 2.24) is 10.6 Å². The first-order valence-electron chi connectivity index (χ1n) is 8.58. The topological polar surface area (TPSA) is 64.6 Å². The zero-order chi connectivity index (χ0) is 17.7. The molecule has 0 bridgehead atoms. The minimum absolute atomic E-state index is 0.253. The molecule has 6 heteroatoms. The molecule has 0 aromatic heterocycles. The van der Waals surface area contributed by atoms with E-state index >= 15 is 0 Å². The number of carbonyl (C=O) groups is 1. The average Bonchev–Trinajstić information content (AvgIpc) is 2.54. The second-order valence-corrected chi connectivity index (χ2v) is 7.05. The second kappa shape index (κ2) is 7.83. The summed E-state index contributed by atoms with van der Waals surface area (Å²) in [6.07, 6.45) is 1.87. The second-order valence-electron chi connectivity index (χ2n) is 7.05. The lowest BCUT2D eigenvalue weighted by Crippen LogP contribution is -2.47. The summed E-state index contributed by atoms with van der Waals surface area (Å²) in [5, 5.41) is 15.2. The van der Waals surface area contributed by atoms with Crippen LogP contribution in [-0.4, -0.2) is 35.9 Å².